The second kappa shape index (κ2) is 36.0. The van der Waals surface area contributed by atoms with E-state index in [4.69, 9.17) is 0 Å². The molecule has 3 nitrogen and oxygen atoms in total. The van der Waals surface area contributed by atoms with Crippen molar-refractivity contribution in [2.45, 2.75) is 111 Å². The molecule has 0 N–H and O–H groups in total. The molecule has 0 bridgehead atoms. The Balaban J connectivity index is 0.000000184. The Morgan fingerprint density at radius 3 is 0.992 bits per heavy atom. The molecule has 0 aliphatic heterocycles. The molecule has 0 amide bonds. The van der Waals surface area contributed by atoms with E-state index in [2.05, 4.69) is 341 Å². The van der Waals surface area contributed by atoms with E-state index in [-0.39, 0.29) is 82.0 Å². The first-order chi connectivity index (χ1) is 62.6. The molecule has 0 unspecified atom stereocenters. The van der Waals surface area contributed by atoms with Crippen molar-refractivity contribution < 1.29 is 60.3 Å². The Morgan fingerprint density at radius 2 is 0.576 bits per heavy atom. The Morgan fingerprint density at radius 1 is 0.205 bits per heavy atom. The predicted molar refractivity (Wildman–Crippen MR) is 549 cm³/mol. The average molecular weight is 2230 g/mol. The minimum absolute atomic E-state index is 0. The fourth-order valence-electron chi connectivity index (χ4n) is 20.0. The summed E-state index contributed by atoms with van der Waals surface area (Å²) in [5.74, 6) is 0. The van der Waals surface area contributed by atoms with Gasteiger partial charge in [0.15, 0.2) is 0 Å². The van der Waals surface area contributed by atoms with E-state index in [1.165, 1.54) is 209 Å². The molecule has 22 aromatic rings. The Kier molecular flexibility index (Phi) is 24.5. The van der Waals surface area contributed by atoms with Gasteiger partial charge in [-0.25, -0.2) is 0 Å². The summed E-state index contributed by atoms with van der Waals surface area (Å²) in [6, 6.07) is 140. The topological polar surface area (TPSA) is 38.7 Å². The normalized spacial score (nSPS) is 12.0. The summed E-state index contributed by atoms with van der Waals surface area (Å²) in [7, 11) is 0. The van der Waals surface area contributed by atoms with Crippen molar-refractivity contribution in [3.05, 3.63) is 428 Å². The second-order valence-corrected chi connectivity index (χ2v) is 39.0. The molecule has 132 heavy (non-hydrogen) atoms. The maximum Gasteiger partial charge on any atom is 0.0166 e. The van der Waals surface area contributed by atoms with Gasteiger partial charge in [-0.1, -0.05) is 344 Å². The molecule has 0 fully saturated rings. The summed E-state index contributed by atoms with van der Waals surface area (Å²) in [6.45, 7) is 28.6. The molecule has 0 atom stereocenters. The second-order valence-electron chi connectivity index (χ2n) is 39.0. The quantitative estimate of drug-likeness (QED) is 0.135. The minimum atomic E-state index is -0.0658. The summed E-state index contributed by atoms with van der Waals surface area (Å²) in [5, 5.41) is 21.7. The third-order valence-electron chi connectivity index (χ3n) is 26.6. The number of rotatable bonds is 9. The van der Waals surface area contributed by atoms with Gasteiger partial charge in [0.25, 0.3) is 0 Å². The largest absolute Gasteiger partial charge is 0.305 e. The van der Waals surface area contributed by atoms with E-state index in [0.29, 0.717) is 0 Å². The third-order valence-corrected chi connectivity index (χ3v) is 26.6. The summed E-state index contributed by atoms with van der Waals surface area (Å²) in [4.78, 5) is 13.0. The van der Waals surface area contributed by atoms with Crippen molar-refractivity contribution in [2.75, 3.05) is 0 Å². The van der Waals surface area contributed by atoms with Crippen LogP contribution in [0.3, 0.4) is 0 Å². The van der Waals surface area contributed by atoms with Crippen LogP contribution in [0.1, 0.15) is 116 Å². The standard InChI is InChI=1S/C81H68.2C17H12N.C11H8N.3Ir/c1-78(2,3)50-36-48(37-51(40-50)79(4,5)6)69-64-42-62-56-31-33-60-73-61(75-68(45-23-17-14-18-24-45)55-26-20-19-25-54(55)67(74(60)75)44-21-15-13-16-22-44)34-32-57(71(56)73)63(62)43-65(64)70(49-38-52(80(7,8)9)41-53(39-49)81(10,11)12)77-59-30-28-47-35-46-27-29-58(76(69)77)72(59)66(46)47;1-3-7-14(8-4-1)16-11-12-18-17(13-16)15-9-5-2-6-10-15;1-2-7-14(8-3-1)15-9-6-10-16(13-15)17-11-4-5-12-18-17;1-2-6-10(7-3-1)11-8-4-5-9-12-11;;;/h13-34,36-43H,35H2,1-12H3;2*1-9,11-13H;1-6,8-9H;;;/q;3*-1;;;. The number of fused-ring (bicyclic) bond motifs is 11. The smallest absolute Gasteiger partial charge is 0.0166 e. The minimum Gasteiger partial charge on any atom is -0.305 e. The van der Waals surface area contributed by atoms with E-state index in [9.17, 15) is 0 Å². The molecule has 3 aromatic heterocycles. The van der Waals surface area contributed by atoms with Crippen LogP contribution in [0.2, 0.25) is 0 Å². The molecular weight excluding hydrogens is 2130 g/mol. The van der Waals surface area contributed by atoms with Crippen molar-refractivity contribution in [3.63, 3.8) is 0 Å². The van der Waals surface area contributed by atoms with E-state index < -0.39 is 0 Å². The van der Waals surface area contributed by atoms with Gasteiger partial charge in [0.05, 0.1) is 0 Å². The van der Waals surface area contributed by atoms with Gasteiger partial charge in [-0.3, -0.25) is 0 Å². The van der Waals surface area contributed by atoms with E-state index in [1.54, 1.807) is 12.4 Å². The number of aromatic nitrogens is 3. The first-order valence-corrected chi connectivity index (χ1v) is 45.3. The number of nitrogens with zero attached hydrogens (tertiary/aromatic N) is 3. The number of hydrogen-bond donors (Lipinski definition) is 0. The molecule has 19 aromatic carbocycles. The fourth-order valence-corrected chi connectivity index (χ4v) is 20.0. The maximum atomic E-state index is 4.40. The molecule has 6 heteroatoms. The van der Waals surface area contributed by atoms with Crippen LogP contribution in [-0.4, -0.2) is 15.0 Å². The van der Waals surface area contributed by atoms with E-state index >= 15 is 0 Å². The van der Waals surface area contributed by atoms with Crippen molar-refractivity contribution >= 4 is 86.2 Å². The summed E-state index contributed by atoms with van der Waals surface area (Å²) in [6.07, 6.45) is 6.48. The molecule has 0 saturated carbocycles. The van der Waals surface area contributed by atoms with Crippen LogP contribution in [0, 0.1) is 18.2 Å². The molecule has 0 saturated heterocycles. The van der Waals surface area contributed by atoms with E-state index in [0.717, 1.165) is 40.2 Å². The molecule has 649 valence electrons. The predicted octanol–water partition coefficient (Wildman–Crippen LogP) is 34.2. The summed E-state index contributed by atoms with van der Waals surface area (Å²) >= 11 is 0. The van der Waals surface area contributed by atoms with Crippen molar-refractivity contribution in [1.29, 1.82) is 0 Å². The van der Waals surface area contributed by atoms with Crippen LogP contribution in [0.15, 0.2) is 377 Å². The summed E-state index contributed by atoms with van der Waals surface area (Å²) < 4.78 is 0. The molecule has 3 heterocycles. The van der Waals surface area contributed by atoms with Gasteiger partial charge in [0.1, 0.15) is 0 Å². The van der Waals surface area contributed by atoms with Gasteiger partial charge >= 0.3 is 0 Å². The zero-order chi connectivity index (χ0) is 88.2. The summed E-state index contributed by atoms with van der Waals surface area (Å²) in [5.41, 5.74) is 34.7. The van der Waals surface area contributed by atoms with Crippen LogP contribution in [-0.2, 0) is 88.4 Å². The van der Waals surface area contributed by atoms with Crippen LogP contribution < -0.4 is 0 Å². The van der Waals surface area contributed by atoms with Crippen molar-refractivity contribution in [2.24, 2.45) is 0 Å². The SMILES string of the molecule is CC(C)(C)c1cc(-c2c3cc4c(cc3c(-c3cc(C(C)(C)C)cc(C(C)(C)C)c3)c3c5ccc6c7c(ccc(c23)c75)C6)c2ccc3c5c(ccc4c52)-c2c-3c(-c3ccccc3)c3ccccc3c2-c2ccccc2)cc(C(C)(C)C)c1.[Ir].[Ir].[Ir].[c-]1ccc(-c2ccccc2)cc1-c1ccccn1.[c-]1ccccc1-c1cc(-c2ccccc2)ccn1.[c-]1ccccc1-c1ccccn1. The van der Waals surface area contributed by atoms with E-state index in [1.807, 2.05) is 140 Å². The van der Waals surface area contributed by atoms with Crippen LogP contribution in [0.25, 0.3) is 209 Å². The van der Waals surface area contributed by atoms with Crippen LogP contribution in [0.5, 0.6) is 0 Å². The molecule has 2 aliphatic rings. The van der Waals surface area contributed by atoms with Crippen LogP contribution >= 0.6 is 0 Å². The molecule has 3 radical (unpaired) electrons. The zero-order valence-electron chi connectivity index (χ0n) is 76.3. The first-order valence-electron chi connectivity index (χ1n) is 45.3. The zero-order valence-corrected chi connectivity index (χ0v) is 83.5. The monoisotopic (exact) mass is 2230 g/mol. The molecule has 0 spiro atoms. The Labute approximate surface area is 816 Å². The Hall–Kier alpha value is -12.8. The Bertz CT molecular complexity index is 7390. The third kappa shape index (κ3) is 16.4. The number of hydrogen-bond acceptors (Lipinski definition) is 3. The molecule has 2 aliphatic carbocycles. The fraction of sp³-hybridized carbons (Fsp3) is 0.135. The van der Waals surface area contributed by atoms with Gasteiger partial charge in [-0.15, -0.1) is 107 Å². The first kappa shape index (κ1) is 89.8. The van der Waals surface area contributed by atoms with Gasteiger partial charge in [0.2, 0.25) is 0 Å². The molecule has 24 rings (SSSR count). The van der Waals surface area contributed by atoms with Crippen molar-refractivity contribution in [1.82, 2.24) is 15.0 Å². The average Bonchev–Trinajstić information content (AvgIpc) is 1.51. The van der Waals surface area contributed by atoms with Crippen molar-refractivity contribution in [3.8, 4) is 123 Å². The van der Waals surface area contributed by atoms with Crippen LogP contribution in [0.4, 0.5) is 0 Å². The number of pyridine rings is 3. The molecular formula is C126H100Ir3N3-3. The van der Waals surface area contributed by atoms with Gasteiger partial charge in [-0.05, 0) is 279 Å². The van der Waals surface area contributed by atoms with Gasteiger partial charge < -0.3 is 15.0 Å². The maximum absolute atomic E-state index is 4.40. The number of benzene rings is 17. The van der Waals surface area contributed by atoms with Gasteiger partial charge in [-0.2, -0.15) is 0 Å². The van der Waals surface area contributed by atoms with Gasteiger partial charge in [0, 0.05) is 78.9 Å².